The lowest BCUT2D eigenvalue weighted by Gasteiger charge is -2.18. The zero-order valence-electron chi connectivity index (χ0n) is 8.82. The average molecular weight is 221 g/mol. The van der Waals surface area contributed by atoms with E-state index in [4.69, 9.17) is 0 Å². The van der Waals surface area contributed by atoms with E-state index < -0.39 is 12.6 Å². The SMILES string of the molecule is FC(F)(F)CCCNCC1CC=CCC1. The van der Waals surface area contributed by atoms with Crippen molar-refractivity contribution >= 4 is 0 Å². The Kier molecular flexibility index (Phi) is 5.15. The van der Waals surface area contributed by atoms with Crippen LogP contribution in [0.1, 0.15) is 32.1 Å². The van der Waals surface area contributed by atoms with Gasteiger partial charge in [0.2, 0.25) is 0 Å². The normalized spacial score (nSPS) is 21.9. The smallest absolute Gasteiger partial charge is 0.316 e. The third-order valence-corrected chi connectivity index (χ3v) is 2.62. The summed E-state index contributed by atoms with van der Waals surface area (Å²) in [6.07, 6.45) is 3.15. The Morgan fingerprint density at radius 3 is 2.67 bits per heavy atom. The van der Waals surface area contributed by atoms with E-state index in [1.54, 1.807) is 0 Å². The van der Waals surface area contributed by atoms with Crippen molar-refractivity contribution in [3.05, 3.63) is 12.2 Å². The standard InChI is InChI=1S/C11H18F3N/c12-11(13,14)7-4-8-15-9-10-5-2-1-3-6-10/h1-2,10,15H,3-9H2. The Hall–Kier alpha value is -0.510. The highest BCUT2D eigenvalue weighted by Crippen LogP contribution is 2.21. The number of hydrogen-bond acceptors (Lipinski definition) is 1. The van der Waals surface area contributed by atoms with E-state index in [1.165, 1.54) is 0 Å². The van der Waals surface area contributed by atoms with Gasteiger partial charge in [0.25, 0.3) is 0 Å². The Balaban J connectivity index is 1.95. The van der Waals surface area contributed by atoms with Crippen LogP contribution in [0.2, 0.25) is 0 Å². The summed E-state index contributed by atoms with van der Waals surface area (Å²) in [5.74, 6) is 0.612. The molecule has 0 spiro atoms. The molecule has 1 aliphatic carbocycles. The lowest BCUT2D eigenvalue weighted by Crippen LogP contribution is -2.25. The summed E-state index contributed by atoms with van der Waals surface area (Å²) in [6.45, 7) is 1.32. The maximum atomic E-state index is 11.8. The molecule has 0 fully saturated rings. The second kappa shape index (κ2) is 6.16. The predicted octanol–water partition coefficient (Wildman–Crippen LogP) is 3.27. The first kappa shape index (κ1) is 12.6. The van der Waals surface area contributed by atoms with E-state index in [1.807, 2.05) is 0 Å². The molecule has 15 heavy (non-hydrogen) atoms. The van der Waals surface area contributed by atoms with Gasteiger partial charge in [-0.15, -0.1) is 0 Å². The summed E-state index contributed by atoms with van der Waals surface area (Å²) >= 11 is 0. The lowest BCUT2D eigenvalue weighted by molar-refractivity contribution is -0.135. The number of hydrogen-bond donors (Lipinski definition) is 1. The van der Waals surface area contributed by atoms with Crippen LogP contribution in [0, 0.1) is 5.92 Å². The minimum atomic E-state index is -4.00. The third-order valence-electron chi connectivity index (χ3n) is 2.62. The maximum absolute atomic E-state index is 11.8. The van der Waals surface area contributed by atoms with Crippen molar-refractivity contribution in [3.8, 4) is 0 Å². The molecule has 0 bridgehead atoms. The average Bonchev–Trinajstić information content (AvgIpc) is 2.17. The molecule has 1 unspecified atom stereocenters. The Morgan fingerprint density at radius 2 is 2.07 bits per heavy atom. The molecule has 1 nitrogen and oxygen atoms in total. The molecule has 0 aromatic rings. The summed E-state index contributed by atoms with van der Waals surface area (Å²) in [6, 6.07) is 0. The fourth-order valence-electron chi connectivity index (χ4n) is 1.76. The first-order valence-electron chi connectivity index (χ1n) is 5.50. The van der Waals surface area contributed by atoms with Crippen molar-refractivity contribution in [2.75, 3.05) is 13.1 Å². The van der Waals surface area contributed by atoms with Crippen molar-refractivity contribution in [1.29, 1.82) is 0 Å². The largest absolute Gasteiger partial charge is 0.389 e. The highest BCUT2D eigenvalue weighted by atomic mass is 19.4. The van der Waals surface area contributed by atoms with Crippen molar-refractivity contribution in [2.45, 2.75) is 38.3 Å². The first-order valence-corrected chi connectivity index (χ1v) is 5.50. The fourth-order valence-corrected chi connectivity index (χ4v) is 1.76. The number of rotatable bonds is 5. The van der Waals surface area contributed by atoms with E-state index in [0.717, 1.165) is 25.8 Å². The van der Waals surface area contributed by atoms with Crippen LogP contribution in [0.3, 0.4) is 0 Å². The van der Waals surface area contributed by atoms with Gasteiger partial charge in [0.15, 0.2) is 0 Å². The number of halogens is 3. The summed E-state index contributed by atoms with van der Waals surface area (Å²) in [4.78, 5) is 0. The Bertz CT molecular complexity index is 198. The van der Waals surface area contributed by atoms with Crippen LogP contribution in [-0.4, -0.2) is 19.3 Å². The second-order valence-electron chi connectivity index (χ2n) is 4.07. The highest BCUT2D eigenvalue weighted by Gasteiger charge is 2.25. The molecule has 88 valence electrons. The first-order chi connectivity index (χ1) is 7.08. The van der Waals surface area contributed by atoms with E-state index in [2.05, 4.69) is 17.5 Å². The molecule has 1 N–H and O–H groups in total. The van der Waals surface area contributed by atoms with Crippen LogP contribution in [-0.2, 0) is 0 Å². The molecule has 0 saturated carbocycles. The zero-order valence-corrected chi connectivity index (χ0v) is 8.82. The second-order valence-corrected chi connectivity index (χ2v) is 4.07. The van der Waals surface area contributed by atoms with Crippen molar-refractivity contribution in [2.24, 2.45) is 5.92 Å². The van der Waals surface area contributed by atoms with Crippen LogP contribution in [0.15, 0.2) is 12.2 Å². The van der Waals surface area contributed by atoms with Crippen molar-refractivity contribution in [3.63, 3.8) is 0 Å². The molecule has 4 heteroatoms. The molecular weight excluding hydrogens is 203 g/mol. The van der Waals surface area contributed by atoms with Gasteiger partial charge in [0.1, 0.15) is 0 Å². The number of alkyl halides is 3. The Morgan fingerprint density at radius 1 is 1.27 bits per heavy atom. The molecule has 1 aliphatic rings. The minimum Gasteiger partial charge on any atom is -0.316 e. The van der Waals surface area contributed by atoms with Crippen LogP contribution in [0.4, 0.5) is 13.2 Å². The lowest BCUT2D eigenvalue weighted by atomic mass is 9.94. The van der Waals surface area contributed by atoms with Crippen LogP contribution >= 0.6 is 0 Å². The van der Waals surface area contributed by atoms with Crippen LogP contribution in [0.25, 0.3) is 0 Å². The number of nitrogens with one attached hydrogen (secondary N) is 1. The minimum absolute atomic E-state index is 0.187. The quantitative estimate of drug-likeness (QED) is 0.555. The van der Waals surface area contributed by atoms with Gasteiger partial charge in [-0.1, -0.05) is 12.2 Å². The highest BCUT2D eigenvalue weighted by molar-refractivity contribution is 4.90. The molecule has 0 radical (unpaired) electrons. The van der Waals surface area contributed by atoms with Gasteiger partial charge < -0.3 is 5.32 Å². The molecule has 0 amide bonds. The molecule has 0 aliphatic heterocycles. The molecule has 0 aromatic heterocycles. The summed E-state index contributed by atoms with van der Waals surface area (Å²) in [7, 11) is 0. The topological polar surface area (TPSA) is 12.0 Å². The van der Waals surface area contributed by atoms with Gasteiger partial charge in [-0.2, -0.15) is 13.2 Å². The van der Waals surface area contributed by atoms with E-state index in [-0.39, 0.29) is 6.42 Å². The monoisotopic (exact) mass is 221 g/mol. The van der Waals surface area contributed by atoms with Gasteiger partial charge in [0, 0.05) is 6.42 Å². The molecule has 0 aromatic carbocycles. The third kappa shape index (κ3) is 6.55. The van der Waals surface area contributed by atoms with E-state index >= 15 is 0 Å². The van der Waals surface area contributed by atoms with Crippen LogP contribution < -0.4 is 5.32 Å². The van der Waals surface area contributed by atoms with Gasteiger partial charge in [-0.25, -0.2) is 0 Å². The maximum Gasteiger partial charge on any atom is 0.389 e. The van der Waals surface area contributed by atoms with Gasteiger partial charge >= 0.3 is 6.18 Å². The molecule has 0 saturated heterocycles. The van der Waals surface area contributed by atoms with E-state index in [0.29, 0.717) is 12.5 Å². The Labute approximate surface area is 88.7 Å². The van der Waals surface area contributed by atoms with Crippen LogP contribution in [0.5, 0.6) is 0 Å². The van der Waals surface area contributed by atoms with Crippen molar-refractivity contribution < 1.29 is 13.2 Å². The predicted molar refractivity (Wildman–Crippen MR) is 54.6 cm³/mol. The van der Waals surface area contributed by atoms with Gasteiger partial charge in [0.05, 0.1) is 0 Å². The fraction of sp³-hybridized carbons (Fsp3) is 0.818. The number of allylic oxidation sites excluding steroid dienone is 2. The summed E-state index contributed by atoms with van der Waals surface area (Å²) in [5, 5.41) is 3.09. The summed E-state index contributed by atoms with van der Waals surface area (Å²) in [5.41, 5.74) is 0. The van der Waals surface area contributed by atoms with Gasteiger partial charge in [-0.3, -0.25) is 0 Å². The van der Waals surface area contributed by atoms with E-state index in [9.17, 15) is 13.2 Å². The summed E-state index contributed by atoms with van der Waals surface area (Å²) < 4.78 is 35.4. The van der Waals surface area contributed by atoms with Gasteiger partial charge in [-0.05, 0) is 44.7 Å². The molecule has 1 atom stereocenters. The zero-order chi connectivity index (χ0) is 11.1. The molecule has 0 heterocycles. The molecule has 1 rings (SSSR count). The van der Waals surface area contributed by atoms with Crippen molar-refractivity contribution in [1.82, 2.24) is 5.32 Å². The molecular formula is C11H18F3N.